The summed E-state index contributed by atoms with van der Waals surface area (Å²) in [4.78, 5) is 2.85. The quantitative estimate of drug-likeness (QED) is 0.299. The van der Waals surface area contributed by atoms with Gasteiger partial charge in [0.2, 0.25) is 0 Å². The molecule has 2 aliphatic heterocycles. The van der Waals surface area contributed by atoms with E-state index >= 15 is 0 Å². The van der Waals surface area contributed by atoms with Crippen LogP contribution in [0, 0.1) is 16.7 Å². The van der Waals surface area contributed by atoms with E-state index in [1.807, 2.05) is 36.4 Å². The molecule has 2 heterocycles. The maximum Gasteiger partial charge on any atom is 0.261 e. The van der Waals surface area contributed by atoms with Crippen LogP contribution in [0.1, 0.15) is 76.0 Å². The summed E-state index contributed by atoms with van der Waals surface area (Å²) in [5.41, 5.74) is 3.77. The lowest BCUT2D eigenvalue weighted by molar-refractivity contribution is -0.276. The van der Waals surface area contributed by atoms with Crippen LogP contribution in [-0.4, -0.2) is 43.7 Å². The Kier molecular flexibility index (Phi) is 8.20. The van der Waals surface area contributed by atoms with Crippen LogP contribution in [0.4, 0.5) is 5.69 Å². The number of benzene rings is 3. The van der Waals surface area contributed by atoms with E-state index in [0.717, 1.165) is 29.8 Å². The van der Waals surface area contributed by atoms with Crippen molar-refractivity contribution in [3.63, 3.8) is 0 Å². The first-order chi connectivity index (χ1) is 20.4. The van der Waals surface area contributed by atoms with Gasteiger partial charge in [0.25, 0.3) is 10.0 Å². The van der Waals surface area contributed by atoms with Crippen molar-refractivity contribution in [1.29, 1.82) is 0 Å². The van der Waals surface area contributed by atoms with Crippen LogP contribution < -0.4 is 4.72 Å². The van der Waals surface area contributed by atoms with Gasteiger partial charge in [-0.25, -0.2) is 8.42 Å². The highest BCUT2D eigenvalue weighted by molar-refractivity contribution is 7.92. The van der Waals surface area contributed by atoms with Gasteiger partial charge in [0.05, 0.1) is 23.7 Å². The first-order valence-electron chi connectivity index (χ1n) is 15.4. The molecule has 2 saturated heterocycles. The lowest BCUT2D eigenvalue weighted by Gasteiger charge is -2.43. The smallest absolute Gasteiger partial charge is 0.261 e. The zero-order valence-corrected chi connectivity index (χ0v) is 26.4. The Morgan fingerprint density at radius 3 is 2.40 bits per heavy atom. The SMILES string of the molecule is C[C@@H]1[C@H](CN2CC3(C)CC2CC(C)(C)C3)O[C@H](c2cccc(NS(=O)(=O)c3ccccc3)c2)O[C@@H]1c1ccc(CO)cc1. The third-order valence-electron chi connectivity index (χ3n) is 9.53. The summed E-state index contributed by atoms with van der Waals surface area (Å²) in [7, 11) is -3.74. The van der Waals surface area contributed by atoms with E-state index in [1.54, 1.807) is 42.5 Å². The Labute approximate surface area is 256 Å². The van der Waals surface area contributed by atoms with E-state index < -0.39 is 16.3 Å². The van der Waals surface area contributed by atoms with Crippen LogP contribution in [0.15, 0.2) is 83.8 Å². The van der Waals surface area contributed by atoms with Crippen molar-refractivity contribution >= 4 is 15.7 Å². The molecule has 3 aliphatic rings. The van der Waals surface area contributed by atoms with Crippen molar-refractivity contribution in [1.82, 2.24) is 4.90 Å². The van der Waals surface area contributed by atoms with Gasteiger partial charge < -0.3 is 14.6 Å². The molecule has 0 aromatic heterocycles. The molecule has 8 heteroatoms. The summed E-state index contributed by atoms with van der Waals surface area (Å²) in [6.07, 6.45) is 2.68. The topological polar surface area (TPSA) is 88.1 Å². The van der Waals surface area contributed by atoms with Gasteiger partial charge in [0.1, 0.15) is 0 Å². The van der Waals surface area contributed by atoms with Crippen LogP contribution in [0.5, 0.6) is 0 Å². The van der Waals surface area contributed by atoms with Crippen molar-refractivity contribution in [3.05, 3.63) is 95.6 Å². The van der Waals surface area contributed by atoms with Gasteiger partial charge in [-0.1, -0.05) is 82.3 Å². The number of nitrogens with one attached hydrogen (secondary N) is 1. The van der Waals surface area contributed by atoms with Crippen molar-refractivity contribution in [2.24, 2.45) is 16.7 Å². The number of hydrogen-bond donors (Lipinski definition) is 2. The van der Waals surface area contributed by atoms with Gasteiger partial charge in [-0.05, 0) is 65.5 Å². The van der Waals surface area contributed by atoms with Crippen molar-refractivity contribution in [3.8, 4) is 0 Å². The van der Waals surface area contributed by atoms with Crippen LogP contribution in [0.2, 0.25) is 0 Å². The molecule has 3 aromatic rings. The molecule has 1 saturated carbocycles. The molecule has 0 amide bonds. The Hall–Kier alpha value is -2.75. The lowest BCUT2D eigenvalue weighted by atomic mass is 9.65. The largest absolute Gasteiger partial charge is 0.392 e. The van der Waals surface area contributed by atoms with Crippen LogP contribution in [0.3, 0.4) is 0 Å². The second kappa shape index (κ2) is 11.6. The number of hydrogen-bond acceptors (Lipinski definition) is 6. The normalized spacial score (nSPS) is 30.7. The fraction of sp³-hybridized carbons (Fsp3) is 0.486. The molecule has 43 heavy (non-hydrogen) atoms. The summed E-state index contributed by atoms with van der Waals surface area (Å²) in [6, 6.07) is 24.1. The van der Waals surface area contributed by atoms with E-state index in [9.17, 15) is 13.5 Å². The van der Waals surface area contributed by atoms with Gasteiger partial charge >= 0.3 is 0 Å². The molecule has 0 spiro atoms. The minimum absolute atomic E-state index is 0.00708. The average Bonchev–Trinajstić information content (AvgIpc) is 3.21. The van der Waals surface area contributed by atoms with Gasteiger partial charge in [-0.3, -0.25) is 9.62 Å². The molecule has 1 aliphatic carbocycles. The molecule has 2 bridgehead atoms. The molecular formula is C35H44N2O5S. The highest BCUT2D eigenvalue weighted by Crippen LogP contribution is 2.53. The molecule has 2 unspecified atom stereocenters. The summed E-state index contributed by atoms with van der Waals surface area (Å²) < 4.78 is 42.2. The van der Waals surface area contributed by atoms with E-state index in [4.69, 9.17) is 9.47 Å². The van der Waals surface area contributed by atoms with Gasteiger partial charge in [-0.2, -0.15) is 0 Å². The van der Waals surface area contributed by atoms with E-state index in [0.29, 0.717) is 22.6 Å². The number of aliphatic hydroxyl groups is 1. The van der Waals surface area contributed by atoms with E-state index in [-0.39, 0.29) is 29.6 Å². The maximum atomic E-state index is 13.0. The fourth-order valence-electron chi connectivity index (χ4n) is 7.91. The highest BCUT2D eigenvalue weighted by Gasteiger charge is 2.51. The number of rotatable bonds is 8. The van der Waals surface area contributed by atoms with Crippen LogP contribution in [0.25, 0.3) is 0 Å². The molecule has 6 atom stereocenters. The van der Waals surface area contributed by atoms with Crippen LogP contribution >= 0.6 is 0 Å². The molecule has 3 aromatic carbocycles. The summed E-state index contributed by atoms with van der Waals surface area (Å²) >= 11 is 0. The molecule has 0 radical (unpaired) electrons. The highest BCUT2D eigenvalue weighted by atomic mass is 32.2. The fourth-order valence-corrected chi connectivity index (χ4v) is 8.98. The summed E-state index contributed by atoms with van der Waals surface area (Å²) in [6.45, 7) is 11.3. The van der Waals surface area contributed by atoms with E-state index in [2.05, 4.69) is 37.3 Å². The third kappa shape index (κ3) is 6.54. The first-order valence-corrected chi connectivity index (χ1v) is 16.8. The Morgan fingerprint density at radius 2 is 1.67 bits per heavy atom. The van der Waals surface area contributed by atoms with Crippen molar-refractivity contribution in [2.45, 2.75) is 83.0 Å². The van der Waals surface area contributed by atoms with Crippen molar-refractivity contribution in [2.75, 3.05) is 17.8 Å². The predicted molar refractivity (Wildman–Crippen MR) is 168 cm³/mol. The summed E-state index contributed by atoms with van der Waals surface area (Å²) in [5.74, 6) is 0.0808. The lowest BCUT2D eigenvalue weighted by Crippen LogP contribution is -2.46. The Morgan fingerprint density at radius 1 is 0.930 bits per heavy atom. The minimum Gasteiger partial charge on any atom is -0.392 e. The Bertz CT molecular complexity index is 1530. The molecule has 2 N–H and O–H groups in total. The first kappa shape index (κ1) is 30.3. The molecular weight excluding hydrogens is 560 g/mol. The van der Waals surface area contributed by atoms with Gasteiger partial charge in [0, 0.05) is 36.3 Å². The summed E-state index contributed by atoms with van der Waals surface area (Å²) in [5, 5.41) is 9.59. The predicted octanol–water partition coefficient (Wildman–Crippen LogP) is 6.67. The average molecular weight is 605 g/mol. The zero-order valence-electron chi connectivity index (χ0n) is 25.6. The third-order valence-corrected chi connectivity index (χ3v) is 10.9. The maximum absolute atomic E-state index is 13.0. The second-order valence-electron chi connectivity index (χ2n) is 14.0. The molecule has 3 fully saturated rings. The molecule has 230 valence electrons. The standard InChI is InChI=1S/C35H44N2O5S/c1-24-31(20-37-23-35(4)19-29(37)18-34(2,3)22-35)41-33(42-32(24)26-15-13-25(21-38)14-16-26)27-9-8-10-28(17-27)36-43(39,40)30-11-6-5-7-12-30/h5-17,24,29,31-33,36,38H,18-23H2,1-4H3/t24-,29?,31+,32+,33+,35?/m1/s1. The second-order valence-corrected chi connectivity index (χ2v) is 15.7. The number of anilines is 1. The number of fused-ring (bicyclic) bond motifs is 2. The van der Waals surface area contributed by atoms with Gasteiger partial charge in [-0.15, -0.1) is 0 Å². The number of nitrogens with zero attached hydrogens (tertiary/aromatic N) is 1. The number of likely N-dealkylation sites (tertiary alicyclic amines) is 1. The number of aliphatic hydroxyl groups excluding tert-OH is 1. The van der Waals surface area contributed by atoms with Crippen molar-refractivity contribution < 1.29 is 23.0 Å². The number of ether oxygens (including phenoxy) is 2. The number of sulfonamides is 1. The molecule has 7 nitrogen and oxygen atoms in total. The van der Waals surface area contributed by atoms with E-state index in [1.165, 1.54) is 19.3 Å². The molecule has 6 rings (SSSR count). The van der Waals surface area contributed by atoms with Crippen LogP contribution in [-0.2, 0) is 26.1 Å². The zero-order chi connectivity index (χ0) is 30.4. The van der Waals surface area contributed by atoms with Gasteiger partial charge in [0.15, 0.2) is 6.29 Å². The monoisotopic (exact) mass is 604 g/mol. The Balaban J connectivity index is 1.28. The minimum atomic E-state index is -3.74.